The van der Waals surface area contributed by atoms with E-state index in [0.717, 1.165) is 55.8 Å². The van der Waals surface area contributed by atoms with Crippen molar-refractivity contribution in [2.45, 2.75) is 59.0 Å². The number of ether oxygens (including phenoxy) is 1. The molecule has 2 aromatic rings. The van der Waals surface area contributed by atoms with Crippen molar-refractivity contribution in [3.05, 3.63) is 53.1 Å². The van der Waals surface area contributed by atoms with Gasteiger partial charge in [0.15, 0.2) is 0 Å². The van der Waals surface area contributed by atoms with Gasteiger partial charge in [-0.15, -0.1) is 0 Å². The Hall–Kier alpha value is -2.53. The van der Waals surface area contributed by atoms with E-state index in [1.54, 1.807) is 4.90 Å². The molecule has 1 aliphatic carbocycles. The summed E-state index contributed by atoms with van der Waals surface area (Å²) >= 11 is 0. The van der Waals surface area contributed by atoms with Crippen LogP contribution in [0.2, 0.25) is 0 Å². The number of piperidine rings is 3. The minimum Gasteiger partial charge on any atom is -0.530 e. The van der Waals surface area contributed by atoms with Gasteiger partial charge in [-0.05, 0) is 97.5 Å². The number of hydrogen-bond donors (Lipinski definition) is 0. The Balaban J connectivity index is 1.52. The molecule has 0 spiro atoms. The van der Waals surface area contributed by atoms with Gasteiger partial charge >= 0.3 is 0 Å². The number of hydrogen-bond acceptors (Lipinski definition) is 4. The Kier molecular flexibility index (Phi) is 5.64. The van der Waals surface area contributed by atoms with Gasteiger partial charge in [-0.25, -0.2) is 0 Å². The van der Waals surface area contributed by atoms with Crippen molar-refractivity contribution in [2.24, 2.45) is 11.3 Å². The Morgan fingerprint density at radius 2 is 1.88 bits per heavy atom. The number of fused-ring (bicyclic) bond motifs is 4. The van der Waals surface area contributed by atoms with Gasteiger partial charge in [-0.2, -0.15) is 0 Å². The third-order valence-corrected chi connectivity index (χ3v) is 8.11. The summed E-state index contributed by atoms with van der Waals surface area (Å²) < 4.78 is 5.60. The first kappa shape index (κ1) is 22.3. The number of benzene rings is 2. The zero-order valence-corrected chi connectivity index (χ0v) is 20.3. The summed E-state index contributed by atoms with van der Waals surface area (Å²) in [4.78, 5) is 16.8. The monoisotopic (exact) mass is 447 g/mol. The summed E-state index contributed by atoms with van der Waals surface area (Å²) in [5.41, 5.74) is 5.77. The molecule has 33 heavy (non-hydrogen) atoms. The number of carbonyl (C=O) groups is 1. The Morgan fingerprint density at radius 1 is 1.18 bits per heavy atom. The molecule has 0 radical (unpaired) electrons. The fraction of sp³-hybridized carbons (Fsp3) is 0.536. The Morgan fingerprint density at radius 3 is 2.45 bits per heavy atom. The minimum atomic E-state index is -1.02. The quantitative estimate of drug-likeness (QED) is 0.681. The molecule has 4 aliphatic rings. The lowest BCUT2D eigenvalue weighted by molar-refractivity contribution is -0.276. The van der Waals surface area contributed by atoms with Crippen molar-refractivity contribution in [1.29, 1.82) is 0 Å². The third-order valence-electron chi connectivity index (χ3n) is 8.11. The second-order valence-corrected chi connectivity index (χ2v) is 10.8. The highest BCUT2D eigenvalue weighted by Crippen LogP contribution is 2.52. The van der Waals surface area contributed by atoms with Gasteiger partial charge in [0.2, 0.25) is 0 Å². The normalized spacial score (nSPS) is 27.3. The molecule has 2 aromatic carbocycles. The molecule has 5 nitrogen and oxygen atoms in total. The van der Waals surface area contributed by atoms with Crippen molar-refractivity contribution in [3.8, 4) is 16.9 Å². The second kappa shape index (κ2) is 8.35. The lowest BCUT2D eigenvalue weighted by Crippen LogP contribution is -2.62. The van der Waals surface area contributed by atoms with Crippen LogP contribution in [0.15, 0.2) is 36.4 Å². The summed E-state index contributed by atoms with van der Waals surface area (Å²) in [5, 5.41) is 12.6. The van der Waals surface area contributed by atoms with Crippen molar-refractivity contribution in [2.75, 3.05) is 26.2 Å². The predicted molar refractivity (Wildman–Crippen MR) is 128 cm³/mol. The zero-order chi connectivity index (χ0) is 23.3. The van der Waals surface area contributed by atoms with E-state index < -0.39 is 6.09 Å². The molecule has 3 aliphatic heterocycles. The molecule has 0 aromatic heterocycles. The van der Waals surface area contributed by atoms with Crippen molar-refractivity contribution in [3.63, 3.8) is 0 Å². The summed E-state index contributed by atoms with van der Waals surface area (Å²) in [7, 11) is 0. The van der Waals surface area contributed by atoms with Gasteiger partial charge in [-0.1, -0.05) is 38.1 Å². The van der Waals surface area contributed by atoms with Gasteiger partial charge in [0.1, 0.15) is 11.8 Å². The van der Waals surface area contributed by atoms with Crippen LogP contribution in [-0.4, -0.2) is 48.2 Å². The predicted octanol–water partition coefficient (Wildman–Crippen LogP) is 4.42. The average molecular weight is 448 g/mol. The van der Waals surface area contributed by atoms with E-state index in [1.807, 2.05) is 19.1 Å². The van der Waals surface area contributed by atoms with Crippen LogP contribution < -0.4 is 9.84 Å². The van der Waals surface area contributed by atoms with E-state index >= 15 is 0 Å². The van der Waals surface area contributed by atoms with Gasteiger partial charge in [0.25, 0.3) is 0 Å². The lowest BCUT2D eigenvalue weighted by atomic mass is 9.79. The minimum absolute atomic E-state index is 0.0267. The number of carboxylic acid groups (broad SMARTS) is 1. The van der Waals surface area contributed by atoms with Crippen LogP contribution >= 0.6 is 0 Å². The molecule has 0 saturated carbocycles. The third kappa shape index (κ3) is 3.90. The lowest BCUT2D eigenvalue weighted by Gasteiger charge is -2.53. The molecule has 5 heteroatoms. The van der Waals surface area contributed by atoms with E-state index in [9.17, 15) is 9.90 Å². The molecule has 0 N–H and O–H groups in total. The van der Waals surface area contributed by atoms with E-state index in [2.05, 4.69) is 49.9 Å². The van der Waals surface area contributed by atoms with Crippen molar-refractivity contribution in [1.82, 2.24) is 9.80 Å². The standard InChI is InChI=1S/C28H36N2O3/c1-5-33-22-8-6-19(7-9-22)23-15-21-16-28(3,4)26(24(21)14-18(23)2)30(27(31)32)25-17-29-12-10-20(25)11-13-29/h6-9,14-15,20,25-26H,5,10-13,16-17H2,1-4H3,(H,31,32)/p-1/t25-,26+/m1/s1. The fourth-order valence-corrected chi connectivity index (χ4v) is 6.61. The van der Waals surface area contributed by atoms with Crippen LogP contribution in [0.3, 0.4) is 0 Å². The fourth-order valence-electron chi connectivity index (χ4n) is 6.61. The first-order valence-corrected chi connectivity index (χ1v) is 12.4. The smallest absolute Gasteiger partial charge is 0.137 e. The second-order valence-electron chi connectivity index (χ2n) is 10.8. The van der Waals surface area contributed by atoms with Crippen LogP contribution in [0.5, 0.6) is 5.75 Å². The number of rotatable bonds is 5. The van der Waals surface area contributed by atoms with Crippen LogP contribution in [0.1, 0.15) is 56.3 Å². The van der Waals surface area contributed by atoms with E-state index in [1.165, 1.54) is 16.7 Å². The van der Waals surface area contributed by atoms with Crippen LogP contribution in [0.4, 0.5) is 4.79 Å². The van der Waals surface area contributed by atoms with Crippen molar-refractivity contribution < 1.29 is 14.6 Å². The molecule has 3 saturated heterocycles. The number of amides is 1. The van der Waals surface area contributed by atoms with Crippen LogP contribution in [0, 0.1) is 18.3 Å². The van der Waals surface area contributed by atoms with E-state index in [-0.39, 0.29) is 17.5 Å². The van der Waals surface area contributed by atoms with Crippen LogP contribution in [0.25, 0.3) is 11.1 Å². The highest BCUT2D eigenvalue weighted by atomic mass is 16.5. The number of nitrogens with zero attached hydrogens (tertiary/aromatic N) is 2. The first-order chi connectivity index (χ1) is 15.8. The maximum Gasteiger partial charge on any atom is 0.137 e. The van der Waals surface area contributed by atoms with Gasteiger partial charge in [-0.3, -0.25) is 0 Å². The Bertz CT molecular complexity index is 1040. The molecule has 0 unspecified atom stereocenters. The SMILES string of the molecule is CCOc1ccc(-c2cc3c(cc2C)[C@H](N(C(=O)[O-])[C@@H]2CN4CCC2CC4)C(C)(C)C3)cc1. The molecule has 6 rings (SSSR count). The van der Waals surface area contributed by atoms with Crippen molar-refractivity contribution >= 4 is 6.09 Å². The summed E-state index contributed by atoms with van der Waals surface area (Å²) in [6.07, 6.45) is 2.02. The highest BCUT2D eigenvalue weighted by molar-refractivity contribution is 5.71. The molecular formula is C28H35N2O3-. The summed E-state index contributed by atoms with van der Waals surface area (Å²) in [6, 6.07) is 12.6. The highest BCUT2D eigenvalue weighted by Gasteiger charge is 2.48. The Labute approximate surface area is 197 Å². The van der Waals surface area contributed by atoms with Gasteiger partial charge in [0, 0.05) is 12.6 Å². The molecule has 3 fully saturated rings. The maximum absolute atomic E-state index is 12.6. The number of carbonyl (C=O) groups excluding carboxylic acids is 1. The average Bonchev–Trinajstić information content (AvgIpc) is 3.04. The molecule has 176 valence electrons. The zero-order valence-electron chi connectivity index (χ0n) is 20.3. The van der Waals surface area contributed by atoms with E-state index in [0.29, 0.717) is 12.5 Å². The molecule has 1 amide bonds. The van der Waals surface area contributed by atoms with E-state index in [4.69, 9.17) is 4.74 Å². The van der Waals surface area contributed by atoms with Gasteiger partial charge in [0.05, 0.1) is 12.6 Å². The summed E-state index contributed by atoms with van der Waals surface area (Å²) in [5.74, 6) is 1.32. The molecule has 2 atom stereocenters. The molecule has 2 bridgehead atoms. The van der Waals surface area contributed by atoms with Crippen LogP contribution in [-0.2, 0) is 6.42 Å². The first-order valence-electron chi connectivity index (χ1n) is 12.4. The summed E-state index contributed by atoms with van der Waals surface area (Å²) in [6.45, 7) is 12.2. The molecule has 3 heterocycles. The molecular weight excluding hydrogens is 412 g/mol. The maximum atomic E-state index is 12.6. The topological polar surface area (TPSA) is 55.8 Å². The largest absolute Gasteiger partial charge is 0.530 e. The number of aryl methyl sites for hydroxylation is 1. The van der Waals surface area contributed by atoms with Gasteiger partial charge < -0.3 is 24.4 Å².